The average molecular weight is 264 g/mol. The molecule has 19 heavy (non-hydrogen) atoms. The van der Waals surface area contributed by atoms with Gasteiger partial charge in [-0.2, -0.15) is 0 Å². The summed E-state index contributed by atoms with van der Waals surface area (Å²) in [6.45, 7) is 3.88. The summed E-state index contributed by atoms with van der Waals surface area (Å²) in [5.41, 5.74) is 6.92. The van der Waals surface area contributed by atoms with Gasteiger partial charge in [0.1, 0.15) is 0 Å². The van der Waals surface area contributed by atoms with Crippen molar-refractivity contribution >= 4 is 17.6 Å². The first-order chi connectivity index (χ1) is 8.95. The second-order valence-corrected chi connectivity index (χ2v) is 4.63. The molecule has 104 valence electrons. The number of carboxylic acids is 1. The second-order valence-electron chi connectivity index (χ2n) is 4.63. The number of aliphatic carboxylic acids is 1. The molecule has 2 atom stereocenters. The lowest BCUT2D eigenvalue weighted by atomic mass is 9.99. The van der Waals surface area contributed by atoms with Gasteiger partial charge in [-0.1, -0.05) is 38.5 Å². The minimum absolute atomic E-state index is 0.0756. The summed E-state index contributed by atoms with van der Waals surface area (Å²) >= 11 is 0. The van der Waals surface area contributed by atoms with Crippen molar-refractivity contribution in [3.05, 3.63) is 29.8 Å². The van der Waals surface area contributed by atoms with E-state index in [4.69, 9.17) is 10.8 Å². The molecule has 0 spiro atoms. The molecule has 4 N–H and O–H groups in total. The van der Waals surface area contributed by atoms with Crippen LogP contribution in [0.4, 0.5) is 5.69 Å². The molecule has 5 nitrogen and oxygen atoms in total. The lowest BCUT2D eigenvalue weighted by Crippen LogP contribution is -2.40. The third-order valence-corrected chi connectivity index (χ3v) is 3.18. The van der Waals surface area contributed by atoms with Gasteiger partial charge in [0.15, 0.2) is 0 Å². The van der Waals surface area contributed by atoms with Crippen molar-refractivity contribution in [1.29, 1.82) is 0 Å². The number of rotatable bonds is 6. The van der Waals surface area contributed by atoms with Gasteiger partial charge in [-0.05, 0) is 17.5 Å². The molecule has 1 rings (SSSR count). The Labute approximate surface area is 112 Å². The quantitative estimate of drug-likeness (QED) is 0.728. The van der Waals surface area contributed by atoms with E-state index in [9.17, 15) is 9.59 Å². The maximum atomic E-state index is 12.0. The predicted molar refractivity (Wildman–Crippen MR) is 73.8 cm³/mol. The number of anilines is 1. The molecule has 1 aromatic carbocycles. The fraction of sp³-hybridized carbons (Fsp3) is 0.429. The zero-order valence-electron chi connectivity index (χ0n) is 11.2. The third kappa shape index (κ3) is 4.37. The minimum atomic E-state index is -0.937. The fourth-order valence-corrected chi connectivity index (χ4v) is 1.69. The van der Waals surface area contributed by atoms with Crippen molar-refractivity contribution < 1.29 is 14.7 Å². The van der Waals surface area contributed by atoms with E-state index in [0.29, 0.717) is 11.3 Å². The Balaban J connectivity index is 2.81. The summed E-state index contributed by atoms with van der Waals surface area (Å²) in [7, 11) is 0. The molecule has 0 aliphatic carbocycles. The molecule has 0 radical (unpaired) electrons. The Morgan fingerprint density at radius 1 is 1.37 bits per heavy atom. The van der Waals surface area contributed by atoms with E-state index < -0.39 is 12.0 Å². The number of hydrogen-bond acceptors (Lipinski definition) is 3. The highest BCUT2D eigenvalue weighted by Gasteiger charge is 2.20. The molecular formula is C14H20N2O3. The van der Waals surface area contributed by atoms with Gasteiger partial charge < -0.3 is 16.2 Å². The van der Waals surface area contributed by atoms with Gasteiger partial charge in [0, 0.05) is 5.69 Å². The first-order valence-electron chi connectivity index (χ1n) is 6.31. The van der Waals surface area contributed by atoms with Gasteiger partial charge in [0.2, 0.25) is 5.91 Å². The van der Waals surface area contributed by atoms with Crippen LogP contribution in [0.2, 0.25) is 0 Å². The van der Waals surface area contributed by atoms with Crippen LogP contribution in [0.1, 0.15) is 25.8 Å². The molecule has 0 heterocycles. The van der Waals surface area contributed by atoms with Gasteiger partial charge in [-0.25, -0.2) is 0 Å². The van der Waals surface area contributed by atoms with Gasteiger partial charge in [0.05, 0.1) is 12.5 Å². The molecule has 1 amide bonds. The molecule has 0 fully saturated rings. The summed E-state index contributed by atoms with van der Waals surface area (Å²) in [6, 6.07) is 6.25. The highest BCUT2D eigenvalue weighted by atomic mass is 16.4. The molecule has 0 bridgehead atoms. The van der Waals surface area contributed by atoms with Gasteiger partial charge in [-0.15, -0.1) is 0 Å². The van der Waals surface area contributed by atoms with Crippen LogP contribution >= 0.6 is 0 Å². The van der Waals surface area contributed by atoms with E-state index in [1.54, 1.807) is 24.3 Å². The van der Waals surface area contributed by atoms with Crippen molar-refractivity contribution in [1.82, 2.24) is 0 Å². The van der Waals surface area contributed by atoms with Crippen LogP contribution in [0.25, 0.3) is 0 Å². The topological polar surface area (TPSA) is 92.4 Å². The van der Waals surface area contributed by atoms with Crippen LogP contribution in [0.15, 0.2) is 24.3 Å². The summed E-state index contributed by atoms with van der Waals surface area (Å²) in [5, 5.41) is 11.5. The number of amides is 1. The minimum Gasteiger partial charge on any atom is -0.481 e. The maximum absolute atomic E-state index is 12.0. The molecular weight excluding hydrogens is 244 g/mol. The average Bonchev–Trinajstić information content (AvgIpc) is 2.38. The van der Waals surface area contributed by atoms with E-state index in [2.05, 4.69) is 5.32 Å². The highest BCUT2D eigenvalue weighted by molar-refractivity contribution is 5.96. The number of para-hydroxylation sites is 1. The lowest BCUT2D eigenvalue weighted by Gasteiger charge is -2.18. The Bertz CT molecular complexity index is 460. The van der Waals surface area contributed by atoms with Gasteiger partial charge in [0.25, 0.3) is 0 Å². The standard InChI is InChI=1S/C14H20N2O3/c1-3-9(2)13(15)14(19)16-11-7-5-4-6-10(11)8-12(17)18/h4-7,9,13H,3,8,15H2,1-2H3,(H,16,19)(H,17,18). The molecule has 0 saturated heterocycles. The van der Waals surface area contributed by atoms with Crippen molar-refractivity contribution in [2.24, 2.45) is 11.7 Å². The normalized spacial score (nSPS) is 13.6. The smallest absolute Gasteiger partial charge is 0.307 e. The number of nitrogens with one attached hydrogen (secondary N) is 1. The first kappa shape index (κ1) is 15.2. The summed E-state index contributed by atoms with van der Waals surface area (Å²) in [6.07, 6.45) is 0.681. The van der Waals surface area contributed by atoms with Crippen LogP contribution < -0.4 is 11.1 Å². The monoisotopic (exact) mass is 264 g/mol. The lowest BCUT2D eigenvalue weighted by molar-refractivity contribution is -0.136. The first-order valence-corrected chi connectivity index (χ1v) is 6.31. The Morgan fingerprint density at radius 3 is 2.58 bits per heavy atom. The van der Waals surface area contributed by atoms with E-state index in [0.717, 1.165) is 6.42 Å². The molecule has 0 saturated carbocycles. The third-order valence-electron chi connectivity index (χ3n) is 3.18. The zero-order valence-corrected chi connectivity index (χ0v) is 11.2. The largest absolute Gasteiger partial charge is 0.481 e. The molecule has 2 unspecified atom stereocenters. The van der Waals surface area contributed by atoms with Crippen LogP contribution in [0, 0.1) is 5.92 Å². The molecule has 1 aromatic rings. The van der Waals surface area contributed by atoms with Crippen LogP contribution in [0.3, 0.4) is 0 Å². The van der Waals surface area contributed by atoms with Crippen molar-refractivity contribution in [3.8, 4) is 0 Å². The fourth-order valence-electron chi connectivity index (χ4n) is 1.69. The van der Waals surface area contributed by atoms with E-state index >= 15 is 0 Å². The number of nitrogens with two attached hydrogens (primary N) is 1. The molecule has 5 heteroatoms. The maximum Gasteiger partial charge on any atom is 0.307 e. The van der Waals surface area contributed by atoms with Crippen molar-refractivity contribution in [2.75, 3.05) is 5.32 Å². The molecule has 0 aliphatic rings. The van der Waals surface area contributed by atoms with E-state index in [1.165, 1.54) is 0 Å². The molecule has 0 aromatic heterocycles. The van der Waals surface area contributed by atoms with Crippen LogP contribution in [-0.4, -0.2) is 23.0 Å². The number of benzene rings is 1. The number of hydrogen-bond donors (Lipinski definition) is 3. The Kier molecular flexibility index (Phi) is 5.51. The van der Waals surface area contributed by atoms with Gasteiger partial charge in [-0.3, -0.25) is 9.59 Å². The van der Waals surface area contributed by atoms with Crippen LogP contribution in [-0.2, 0) is 16.0 Å². The summed E-state index contributed by atoms with van der Waals surface area (Å²) in [5.74, 6) is -1.15. The summed E-state index contributed by atoms with van der Waals surface area (Å²) in [4.78, 5) is 22.7. The SMILES string of the molecule is CCC(C)C(N)C(=O)Nc1ccccc1CC(=O)O. The predicted octanol–water partition coefficient (Wildman–Crippen LogP) is 1.63. The van der Waals surface area contributed by atoms with Crippen molar-refractivity contribution in [3.63, 3.8) is 0 Å². The number of carboxylic acid groups (broad SMARTS) is 1. The highest BCUT2D eigenvalue weighted by Crippen LogP contribution is 2.17. The molecule has 0 aliphatic heterocycles. The van der Waals surface area contributed by atoms with E-state index in [-0.39, 0.29) is 18.2 Å². The van der Waals surface area contributed by atoms with Gasteiger partial charge >= 0.3 is 5.97 Å². The van der Waals surface area contributed by atoms with Crippen molar-refractivity contribution in [2.45, 2.75) is 32.7 Å². The number of carbonyl (C=O) groups excluding carboxylic acids is 1. The van der Waals surface area contributed by atoms with Crippen LogP contribution in [0.5, 0.6) is 0 Å². The second kappa shape index (κ2) is 6.89. The Morgan fingerprint density at radius 2 is 2.00 bits per heavy atom. The number of carbonyl (C=O) groups is 2. The Hall–Kier alpha value is -1.88. The summed E-state index contributed by atoms with van der Waals surface area (Å²) < 4.78 is 0. The zero-order chi connectivity index (χ0) is 14.4. The van der Waals surface area contributed by atoms with E-state index in [1.807, 2.05) is 13.8 Å².